The summed E-state index contributed by atoms with van der Waals surface area (Å²) in [7, 11) is 0. The van der Waals surface area contributed by atoms with Crippen molar-refractivity contribution in [1.82, 2.24) is 0 Å². The van der Waals surface area contributed by atoms with Crippen molar-refractivity contribution in [2.75, 3.05) is 5.32 Å². The Morgan fingerprint density at radius 3 is 2.50 bits per heavy atom. The first-order valence-corrected chi connectivity index (χ1v) is 10.8. The van der Waals surface area contributed by atoms with E-state index in [0.717, 1.165) is 33.4 Å². The molecule has 0 bridgehead atoms. The molecule has 0 aliphatic heterocycles. The zero-order chi connectivity index (χ0) is 21.5. The van der Waals surface area contributed by atoms with Crippen molar-refractivity contribution < 1.29 is 13.9 Å². The van der Waals surface area contributed by atoms with Gasteiger partial charge in [0.1, 0.15) is 17.5 Å². The van der Waals surface area contributed by atoms with E-state index in [2.05, 4.69) is 5.32 Å². The van der Waals surface area contributed by atoms with Crippen LogP contribution in [0.25, 0.3) is 20.5 Å². The third-order valence-corrected chi connectivity index (χ3v) is 6.46. The fourth-order valence-electron chi connectivity index (χ4n) is 3.67. The summed E-state index contributed by atoms with van der Waals surface area (Å²) in [6.07, 6.45) is 2.91. The minimum absolute atomic E-state index is 0.0873. The minimum Gasteiger partial charge on any atom is -0.444 e. The van der Waals surface area contributed by atoms with Crippen LogP contribution < -0.4 is 5.32 Å². The molecule has 1 fully saturated rings. The van der Waals surface area contributed by atoms with Gasteiger partial charge in [-0.2, -0.15) is 5.26 Å². The number of nitriles is 1. The highest BCUT2D eigenvalue weighted by atomic mass is 32.1. The summed E-state index contributed by atoms with van der Waals surface area (Å²) >= 11 is 1.55. The van der Waals surface area contributed by atoms with Gasteiger partial charge in [-0.25, -0.2) is 9.18 Å². The van der Waals surface area contributed by atoms with Crippen molar-refractivity contribution >= 4 is 33.2 Å². The molecule has 1 saturated carbocycles. The number of thiophene rings is 1. The molecule has 154 valence electrons. The molecule has 6 heteroatoms. The lowest BCUT2D eigenvalue weighted by molar-refractivity contribution is 0.0636. The lowest BCUT2D eigenvalue weighted by atomic mass is 9.78. The molecule has 0 radical (unpaired) electrons. The molecule has 0 unspecified atom stereocenters. The molecule has 1 aliphatic rings. The van der Waals surface area contributed by atoms with Crippen LogP contribution in [0.2, 0.25) is 0 Å². The Bertz CT molecular complexity index is 1150. The molecule has 0 spiro atoms. The molecule has 0 atom stereocenters. The van der Waals surface area contributed by atoms with Crippen LogP contribution in [0.4, 0.5) is 14.9 Å². The molecule has 3 aromatic rings. The summed E-state index contributed by atoms with van der Waals surface area (Å²) in [4.78, 5) is 13.1. The van der Waals surface area contributed by atoms with Gasteiger partial charge in [0.25, 0.3) is 0 Å². The van der Waals surface area contributed by atoms with Gasteiger partial charge >= 0.3 is 6.09 Å². The Morgan fingerprint density at radius 2 is 1.93 bits per heavy atom. The first kappa shape index (κ1) is 20.4. The van der Waals surface area contributed by atoms with E-state index in [-0.39, 0.29) is 5.56 Å². The van der Waals surface area contributed by atoms with Gasteiger partial charge in [0, 0.05) is 15.3 Å². The normalized spacial score (nSPS) is 14.2. The SMILES string of the molecule is CC(C)(C)OC(=O)Nc1ccc(-c2sc3cc(F)c(C#N)cc3c2C2CCC2)cc1. The third kappa shape index (κ3) is 4.03. The van der Waals surface area contributed by atoms with Crippen LogP contribution in [0.15, 0.2) is 36.4 Å². The number of anilines is 1. The third-order valence-electron chi connectivity index (χ3n) is 5.24. The van der Waals surface area contributed by atoms with E-state index >= 15 is 0 Å². The average molecular weight is 423 g/mol. The van der Waals surface area contributed by atoms with Crippen molar-refractivity contribution in [3.8, 4) is 16.5 Å². The number of benzene rings is 2. The van der Waals surface area contributed by atoms with E-state index in [4.69, 9.17) is 4.74 Å². The second-order valence-corrected chi connectivity index (χ2v) is 9.67. The number of nitrogens with zero attached hydrogens (tertiary/aromatic N) is 1. The predicted molar refractivity (Wildman–Crippen MR) is 118 cm³/mol. The Morgan fingerprint density at radius 1 is 1.23 bits per heavy atom. The number of hydrogen-bond acceptors (Lipinski definition) is 4. The summed E-state index contributed by atoms with van der Waals surface area (Å²) < 4.78 is 20.3. The fraction of sp³-hybridized carbons (Fsp3) is 0.333. The zero-order valence-electron chi connectivity index (χ0n) is 17.2. The Balaban J connectivity index is 1.69. The lowest BCUT2D eigenvalue weighted by Crippen LogP contribution is -2.27. The number of carbonyl (C=O) groups is 1. The molecular weight excluding hydrogens is 399 g/mol. The van der Waals surface area contributed by atoms with Gasteiger partial charge in [0.15, 0.2) is 0 Å². The van der Waals surface area contributed by atoms with E-state index < -0.39 is 17.5 Å². The van der Waals surface area contributed by atoms with Gasteiger partial charge in [0.2, 0.25) is 0 Å². The van der Waals surface area contributed by atoms with E-state index in [9.17, 15) is 14.4 Å². The van der Waals surface area contributed by atoms with Crippen LogP contribution in [0.1, 0.15) is 57.1 Å². The number of ether oxygens (including phenoxy) is 1. The average Bonchev–Trinajstić information content (AvgIpc) is 2.96. The molecule has 1 heterocycles. The van der Waals surface area contributed by atoms with Crippen LogP contribution in [-0.2, 0) is 4.74 Å². The van der Waals surface area contributed by atoms with Gasteiger partial charge in [-0.1, -0.05) is 18.6 Å². The molecule has 2 aromatic carbocycles. The van der Waals surface area contributed by atoms with Crippen molar-refractivity contribution in [2.45, 2.75) is 51.6 Å². The molecule has 4 rings (SSSR count). The van der Waals surface area contributed by atoms with Crippen LogP contribution in [0, 0.1) is 17.1 Å². The highest BCUT2D eigenvalue weighted by Crippen LogP contribution is 2.49. The van der Waals surface area contributed by atoms with E-state index in [1.54, 1.807) is 17.4 Å². The molecule has 1 aliphatic carbocycles. The molecular formula is C24H23FN2O2S. The van der Waals surface area contributed by atoms with Crippen LogP contribution in [0.3, 0.4) is 0 Å². The van der Waals surface area contributed by atoms with Crippen LogP contribution in [0.5, 0.6) is 0 Å². The molecule has 1 amide bonds. The number of hydrogen-bond donors (Lipinski definition) is 1. The Hall–Kier alpha value is -2.91. The van der Waals surface area contributed by atoms with Gasteiger partial charge in [-0.15, -0.1) is 11.3 Å². The smallest absolute Gasteiger partial charge is 0.412 e. The molecule has 1 N–H and O–H groups in total. The lowest BCUT2D eigenvalue weighted by Gasteiger charge is -2.27. The Kier molecular flexibility index (Phi) is 5.25. The second-order valence-electron chi connectivity index (χ2n) is 8.62. The molecule has 0 saturated heterocycles. The number of amides is 1. The van der Waals surface area contributed by atoms with Crippen LogP contribution >= 0.6 is 11.3 Å². The summed E-state index contributed by atoms with van der Waals surface area (Å²) in [5, 5.41) is 13.0. The largest absolute Gasteiger partial charge is 0.444 e. The van der Waals surface area contributed by atoms with Crippen molar-refractivity contribution in [2.24, 2.45) is 0 Å². The van der Waals surface area contributed by atoms with Crippen molar-refractivity contribution in [3.63, 3.8) is 0 Å². The maximum atomic E-state index is 14.2. The number of carbonyl (C=O) groups excluding carboxylic acids is 1. The number of fused-ring (bicyclic) bond motifs is 1. The maximum absolute atomic E-state index is 14.2. The summed E-state index contributed by atoms with van der Waals surface area (Å²) in [6, 6.07) is 12.7. The number of nitrogens with one attached hydrogen (secondary N) is 1. The summed E-state index contributed by atoms with van der Waals surface area (Å²) in [6.45, 7) is 5.46. The summed E-state index contributed by atoms with van der Waals surface area (Å²) in [5.41, 5.74) is 2.41. The zero-order valence-corrected chi connectivity index (χ0v) is 18.0. The topological polar surface area (TPSA) is 62.1 Å². The monoisotopic (exact) mass is 422 g/mol. The van der Waals surface area contributed by atoms with Crippen molar-refractivity contribution in [3.05, 3.63) is 53.3 Å². The Labute approximate surface area is 179 Å². The summed E-state index contributed by atoms with van der Waals surface area (Å²) in [5.74, 6) is -0.0415. The van der Waals surface area contributed by atoms with Gasteiger partial charge in [0.05, 0.1) is 5.56 Å². The quantitative estimate of drug-likeness (QED) is 0.486. The second kappa shape index (κ2) is 7.73. The van der Waals surface area contributed by atoms with E-state index in [1.165, 1.54) is 18.1 Å². The first-order chi connectivity index (χ1) is 14.2. The molecule has 1 aromatic heterocycles. The number of halogens is 1. The standard InChI is InChI=1S/C24H23FN2O2S/c1-24(2,3)29-23(28)27-17-9-7-15(8-10-17)22-21(14-5-4-6-14)18-11-16(13-26)19(25)12-20(18)30-22/h7-12,14H,4-6H2,1-3H3,(H,27,28). The van der Waals surface area contributed by atoms with Crippen molar-refractivity contribution in [1.29, 1.82) is 5.26 Å². The minimum atomic E-state index is -0.559. The van der Waals surface area contributed by atoms with Gasteiger partial charge in [-0.3, -0.25) is 5.32 Å². The maximum Gasteiger partial charge on any atom is 0.412 e. The molecule has 4 nitrogen and oxygen atoms in total. The highest BCUT2D eigenvalue weighted by Gasteiger charge is 2.27. The highest BCUT2D eigenvalue weighted by molar-refractivity contribution is 7.22. The van der Waals surface area contributed by atoms with Gasteiger partial charge in [-0.05, 0) is 80.3 Å². The fourth-order valence-corrected chi connectivity index (χ4v) is 4.97. The van der Waals surface area contributed by atoms with E-state index in [1.807, 2.05) is 51.1 Å². The van der Waals surface area contributed by atoms with Crippen LogP contribution in [-0.4, -0.2) is 11.7 Å². The van der Waals surface area contributed by atoms with Gasteiger partial charge < -0.3 is 4.74 Å². The van der Waals surface area contributed by atoms with E-state index in [0.29, 0.717) is 11.6 Å². The first-order valence-electron chi connectivity index (χ1n) is 10.0. The molecule has 30 heavy (non-hydrogen) atoms. The predicted octanol–water partition coefficient (Wildman–Crippen LogP) is 7.19. The number of rotatable bonds is 3.